The Bertz CT molecular complexity index is 909. The molecule has 1 aliphatic heterocycles. The first-order valence-electron chi connectivity index (χ1n) is 27.0. The van der Waals surface area contributed by atoms with Crippen LogP contribution in [0.15, 0.2) is 0 Å². The van der Waals surface area contributed by atoms with Crippen molar-refractivity contribution in [2.75, 3.05) is 33.4 Å². The van der Waals surface area contributed by atoms with Gasteiger partial charge in [0, 0.05) is 38.3 Å². The quantitative estimate of drug-likeness (QED) is 0.0446. The highest BCUT2D eigenvalue weighted by Crippen LogP contribution is 2.35. The number of hydrogen-bond acceptors (Lipinski definition) is 7. The summed E-state index contributed by atoms with van der Waals surface area (Å²) in [6, 6.07) is 0.500. The zero-order valence-electron chi connectivity index (χ0n) is 42.0. The molecule has 1 fully saturated rings. The van der Waals surface area contributed by atoms with E-state index in [1.54, 1.807) is 0 Å². The van der Waals surface area contributed by atoms with Gasteiger partial charge in [-0.3, -0.25) is 9.59 Å². The second-order valence-corrected chi connectivity index (χ2v) is 19.7. The molecule has 0 aromatic rings. The molecule has 61 heavy (non-hydrogen) atoms. The molecule has 1 rings (SSSR count). The van der Waals surface area contributed by atoms with Crippen LogP contribution in [0.25, 0.3) is 0 Å². The van der Waals surface area contributed by atoms with Crippen molar-refractivity contribution in [3.63, 3.8) is 0 Å². The molecule has 0 aromatic carbocycles. The van der Waals surface area contributed by atoms with E-state index >= 15 is 0 Å². The Labute approximate surface area is 380 Å². The summed E-state index contributed by atoms with van der Waals surface area (Å²) in [6.45, 7) is 16.3. The van der Waals surface area contributed by atoms with Gasteiger partial charge in [0.05, 0.1) is 25.9 Å². The van der Waals surface area contributed by atoms with E-state index in [1.165, 1.54) is 167 Å². The third-order valence-electron chi connectivity index (χ3n) is 13.5. The molecule has 1 unspecified atom stereocenters. The van der Waals surface area contributed by atoms with Gasteiger partial charge in [0.25, 0.3) is 0 Å². The van der Waals surface area contributed by atoms with Gasteiger partial charge in [0.2, 0.25) is 0 Å². The third kappa shape index (κ3) is 33.0. The molecule has 1 aliphatic rings. The molecule has 0 aromatic heterocycles. The molecule has 1 saturated heterocycles. The van der Waals surface area contributed by atoms with Crippen LogP contribution in [0.2, 0.25) is 0 Å². The Morgan fingerprint density at radius 2 is 0.869 bits per heavy atom. The second kappa shape index (κ2) is 40.3. The summed E-state index contributed by atoms with van der Waals surface area (Å²) < 4.78 is 24.6. The summed E-state index contributed by atoms with van der Waals surface area (Å²) in [7, 11) is 2.19. The molecule has 0 amide bonds. The molecule has 1 atom stereocenters. The molecule has 362 valence electrons. The summed E-state index contributed by atoms with van der Waals surface area (Å²) in [5.74, 6) is 0.654. The minimum absolute atomic E-state index is 0.0254. The number of likely N-dealkylation sites (N-methyl/N-ethyl adjacent to an activating group) is 1. The van der Waals surface area contributed by atoms with E-state index in [1.807, 2.05) is 0 Å². The molecule has 1 heterocycles. The summed E-state index contributed by atoms with van der Waals surface area (Å²) in [4.78, 5) is 27.5. The highest BCUT2D eigenvalue weighted by atomic mass is 16.7. The number of nitrogens with zero attached hydrogens (tertiary/aromatic N) is 1. The van der Waals surface area contributed by atoms with Gasteiger partial charge in [-0.2, -0.15) is 0 Å². The lowest BCUT2D eigenvalue weighted by molar-refractivity contribution is -0.180. The van der Waals surface area contributed by atoms with E-state index in [-0.39, 0.29) is 18.0 Å². The van der Waals surface area contributed by atoms with Gasteiger partial charge in [0.1, 0.15) is 0 Å². The topological polar surface area (TPSA) is 74.3 Å². The zero-order valence-corrected chi connectivity index (χ0v) is 42.0. The Morgan fingerprint density at radius 3 is 1.21 bits per heavy atom. The molecule has 0 N–H and O–H groups in total. The number of carbonyl (C=O) groups is 2. The summed E-state index contributed by atoms with van der Waals surface area (Å²) >= 11 is 0. The van der Waals surface area contributed by atoms with Gasteiger partial charge in [-0.15, -0.1) is 0 Å². The fourth-order valence-electron chi connectivity index (χ4n) is 9.13. The summed E-state index contributed by atoms with van der Waals surface area (Å²) in [6.07, 6.45) is 42.2. The Balaban J connectivity index is 2.25. The first kappa shape index (κ1) is 57.8. The number of esters is 2. The lowest BCUT2D eigenvalue weighted by Gasteiger charge is -2.30. The van der Waals surface area contributed by atoms with Gasteiger partial charge in [0.15, 0.2) is 5.79 Å². The van der Waals surface area contributed by atoms with Crippen LogP contribution in [0.5, 0.6) is 0 Å². The molecule has 0 aliphatic carbocycles. The average molecular weight is 864 g/mol. The molecule has 7 heteroatoms. The van der Waals surface area contributed by atoms with Crippen molar-refractivity contribution in [3.8, 4) is 0 Å². The monoisotopic (exact) mass is 864 g/mol. The molecule has 0 bridgehead atoms. The van der Waals surface area contributed by atoms with Crippen LogP contribution in [-0.2, 0) is 28.5 Å². The van der Waals surface area contributed by atoms with Crippen LogP contribution < -0.4 is 0 Å². The lowest BCUT2D eigenvalue weighted by Crippen LogP contribution is -2.37. The predicted octanol–water partition coefficient (Wildman–Crippen LogP) is 15.9. The van der Waals surface area contributed by atoms with Gasteiger partial charge >= 0.3 is 11.9 Å². The molecular weight excluding hydrogens is 759 g/mol. The van der Waals surface area contributed by atoms with E-state index in [9.17, 15) is 9.59 Å². The first-order valence-corrected chi connectivity index (χ1v) is 27.0. The number of unbranched alkanes of at least 4 members (excludes halogenated alkanes) is 22. The summed E-state index contributed by atoms with van der Waals surface area (Å²) in [5.41, 5.74) is 0. The number of rotatable bonds is 45. The van der Waals surface area contributed by atoms with E-state index in [0.29, 0.717) is 50.5 Å². The van der Waals surface area contributed by atoms with Crippen LogP contribution in [0.1, 0.15) is 273 Å². The smallest absolute Gasteiger partial charge is 0.306 e. The molecular formula is C54H105NO6. The third-order valence-corrected chi connectivity index (χ3v) is 13.5. The van der Waals surface area contributed by atoms with Gasteiger partial charge in [-0.05, 0) is 84.1 Å². The SMILES string of the molecule is CCCCCC(CCCCC)CC(=O)OCCCCCCCCCCC1(CCCCCCCCCCOC(=O)CC(CCCCC)CCCCC)OCC(CN(C)C(C)C)O1. The highest BCUT2D eigenvalue weighted by molar-refractivity contribution is 5.70. The van der Waals surface area contributed by atoms with Crippen molar-refractivity contribution < 1.29 is 28.5 Å². The number of hydrogen-bond donors (Lipinski definition) is 0. The highest BCUT2D eigenvalue weighted by Gasteiger charge is 2.40. The minimum Gasteiger partial charge on any atom is -0.466 e. The second-order valence-electron chi connectivity index (χ2n) is 19.7. The van der Waals surface area contributed by atoms with Crippen LogP contribution in [0.3, 0.4) is 0 Å². The maximum Gasteiger partial charge on any atom is 0.306 e. The zero-order chi connectivity index (χ0) is 44.7. The van der Waals surface area contributed by atoms with Crippen molar-refractivity contribution in [3.05, 3.63) is 0 Å². The normalized spacial score (nSPS) is 15.2. The van der Waals surface area contributed by atoms with E-state index in [0.717, 1.165) is 57.9 Å². The lowest BCUT2D eigenvalue weighted by atomic mass is 9.92. The molecule has 7 nitrogen and oxygen atoms in total. The van der Waals surface area contributed by atoms with Crippen molar-refractivity contribution >= 4 is 11.9 Å². The van der Waals surface area contributed by atoms with Crippen molar-refractivity contribution in [2.45, 2.75) is 291 Å². The van der Waals surface area contributed by atoms with Gasteiger partial charge in [-0.25, -0.2) is 0 Å². The fourth-order valence-corrected chi connectivity index (χ4v) is 9.13. The number of carbonyl (C=O) groups excluding carboxylic acids is 2. The average Bonchev–Trinajstić information content (AvgIpc) is 3.63. The minimum atomic E-state index is -0.409. The van der Waals surface area contributed by atoms with Crippen molar-refractivity contribution in [1.82, 2.24) is 4.90 Å². The summed E-state index contributed by atoms with van der Waals surface area (Å²) in [5, 5.41) is 0. The molecule has 0 spiro atoms. The maximum atomic E-state index is 12.5. The fraction of sp³-hybridized carbons (Fsp3) is 0.963. The van der Waals surface area contributed by atoms with Crippen LogP contribution in [-0.4, -0.2) is 68.2 Å². The number of ether oxygens (including phenoxy) is 4. The molecule has 0 saturated carbocycles. The van der Waals surface area contributed by atoms with Crippen molar-refractivity contribution in [1.29, 1.82) is 0 Å². The van der Waals surface area contributed by atoms with Gasteiger partial charge in [-0.1, -0.05) is 182 Å². The Kier molecular flexibility index (Phi) is 38.2. The van der Waals surface area contributed by atoms with Crippen molar-refractivity contribution in [2.24, 2.45) is 11.8 Å². The van der Waals surface area contributed by atoms with E-state index in [2.05, 4.69) is 53.5 Å². The standard InChI is InChI=1S/C54H105NO6/c1-8-12-28-36-49(37-29-13-9-2)44-52(56)58-42-34-26-22-18-16-20-24-32-40-54(60-47-51(61-54)46-55(7)48(5)6)41-33-25-21-17-19-23-27-35-43-59-53(57)45-50(38-30-14-10-3)39-31-15-11-4/h48-51H,8-47H2,1-7H3. The van der Waals surface area contributed by atoms with Crippen LogP contribution >= 0.6 is 0 Å². The van der Waals surface area contributed by atoms with E-state index in [4.69, 9.17) is 18.9 Å². The van der Waals surface area contributed by atoms with Crippen LogP contribution in [0.4, 0.5) is 0 Å². The Hall–Kier alpha value is -1.18. The van der Waals surface area contributed by atoms with Crippen LogP contribution in [0, 0.1) is 11.8 Å². The maximum absolute atomic E-state index is 12.5. The van der Waals surface area contributed by atoms with Gasteiger partial charge < -0.3 is 23.8 Å². The first-order chi connectivity index (χ1) is 29.7. The largest absolute Gasteiger partial charge is 0.466 e. The predicted molar refractivity (Wildman–Crippen MR) is 259 cm³/mol. The Morgan fingerprint density at radius 1 is 0.525 bits per heavy atom. The van der Waals surface area contributed by atoms with E-state index < -0.39 is 5.79 Å². The molecule has 0 radical (unpaired) electrons.